The van der Waals surface area contributed by atoms with Crippen molar-refractivity contribution in [3.05, 3.63) is 0 Å². The van der Waals surface area contributed by atoms with Crippen LogP contribution in [0.3, 0.4) is 0 Å². The number of hydrogen-bond donors (Lipinski definition) is 1. The predicted octanol–water partition coefficient (Wildman–Crippen LogP) is 1.21. The molecule has 3 heteroatoms. The summed E-state index contributed by atoms with van der Waals surface area (Å²) in [5.41, 5.74) is 0. The first-order valence-corrected chi connectivity index (χ1v) is 10.5. The molecule has 0 spiro atoms. The van der Waals surface area contributed by atoms with Crippen molar-refractivity contribution in [2.45, 2.75) is 14.8 Å². The molecule has 0 amide bonds. The van der Waals surface area contributed by atoms with Crippen molar-refractivity contribution in [1.82, 2.24) is 0 Å². The molecule has 0 aliphatic heterocycles. The summed E-state index contributed by atoms with van der Waals surface area (Å²) in [7, 11) is 0. The van der Waals surface area contributed by atoms with Gasteiger partial charge in [-0.1, -0.05) is 0 Å². The van der Waals surface area contributed by atoms with E-state index in [0.29, 0.717) is 0 Å². The number of hydrogen-bond acceptors (Lipinski definition) is 2. The monoisotopic (exact) mass is 208 g/mol. The minimum absolute atomic E-state index is 0.543. The van der Waals surface area contributed by atoms with Crippen LogP contribution in [-0.2, 0) is 0 Å². The minimum atomic E-state index is -0.543. The first-order chi connectivity index (χ1) is 3.15. The van der Waals surface area contributed by atoms with Crippen molar-refractivity contribution in [3.63, 3.8) is 0 Å². The van der Waals surface area contributed by atoms with E-state index in [9.17, 15) is 0 Å². The molecule has 0 unspecified atom stereocenters. The molecule has 0 rings (SSSR count). The average Bonchev–Trinajstić information content (AvgIpc) is 1.33. The molecule has 0 bridgehead atoms. The Morgan fingerprint density at radius 1 is 1.43 bits per heavy atom. The molecular formula is C4H10NOSn. The molecule has 0 aliphatic rings. The van der Waals surface area contributed by atoms with Gasteiger partial charge >= 0.3 is 34.6 Å². The van der Waals surface area contributed by atoms with Gasteiger partial charge in [0.25, 0.3) is 6.26 Å². The van der Waals surface area contributed by atoms with Crippen LogP contribution in [0.25, 0.3) is 0 Å². The van der Waals surface area contributed by atoms with Crippen LogP contribution in [0, 0.1) is 11.5 Å². The third kappa shape index (κ3) is 12900. The van der Waals surface area contributed by atoms with Crippen LogP contribution in [0.5, 0.6) is 0 Å². The van der Waals surface area contributed by atoms with E-state index in [1.165, 1.54) is 0 Å². The van der Waals surface area contributed by atoms with E-state index in [1.807, 2.05) is 0 Å². The molecule has 0 aliphatic carbocycles. The van der Waals surface area contributed by atoms with Gasteiger partial charge in [-0.2, -0.15) is 5.26 Å². The van der Waals surface area contributed by atoms with Crippen molar-refractivity contribution >= 4 is 19.8 Å². The molecule has 0 aromatic rings. The van der Waals surface area contributed by atoms with Gasteiger partial charge in [-0.25, -0.2) is 0 Å². The Labute approximate surface area is 51.5 Å². The Kier molecular flexibility index (Phi) is 13.7. The summed E-state index contributed by atoms with van der Waals surface area (Å²) in [6.07, 6.45) is 0.750. The molecule has 0 aromatic carbocycles. The van der Waals surface area contributed by atoms with E-state index in [2.05, 4.69) is 14.8 Å². The Balaban J connectivity index is 0. The molecule has 1 radical (unpaired) electrons. The second-order valence-corrected chi connectivity index (χ2v) is 10.2. The topological polar surface area (TPSA) is 44.0 Å². The van der Waals surface area contributed by atoms with Gasteiger partial charge in [-0.15, -0.1) is 0 Å². The van der Waals surface area contributed by atoms with Gasteiger partial charge in [0.15, 0.2) is 0 Å². The second-order valence-electron chi connectivity index (χ2n) is 1.60. The Morgan fingerprint density at radius 3 is 1.43 bits per heavy atom. The van der Waals surface area contributed by atoms with Crippen LogP contribution in [0.4, 0.5) is 0 Å². The normalized spacial score (nSPS) is 6.14. The van der Waals surface area contributed by atoms with Crippen LogP contribution in [0.2, 0.25) is 14.8 Å². The molecule has 0 heterocycles. The number of aliphatic hydroxyl groups is 1. The van der Waals surface area contributed by atoms with E-state index in [4.69, 9.17) is 10.4 Å². The van der Waals surface area contributed by atoms with Gasteiger partial charge in [0.2, 0.25) is 0 Å². The Hall–Kier alpha value is 0.0887. The molecule has 0 aromatic heterocycles. The summed E-state index contributed by atoms with van der Waals surface area (Å²) in [5.74, 6) is 0. The van der Waals surface area contributed by atoms with Crippen LogP contribution in [-0.4, -0.2) is 24.9 Å². The number of aliphatic hydroxyl groups excluding tert-OH is 1. The fourth-order valence-electron chi connectivity index (χ4n) is 0. The number of rotatable bonds is 0. The summed E-state index contributed by atoms with van der Waals surface area (Å²) in [6.45, 7) is 0. The van der Waals surface area contributed by atoms with Gasteiger partial charge < -0.3 is 5.11 Å². The summed E-state index contributed by atoms with van der Waals surface area (Å²) >= 11 is -0.543. The van der Waals surface area contributed by atoms with Crippen LogP contribution < -0.4 is 0 Å². The van der Waals surface area contributed by atoms with E-state index in [0.717, 1.165) is 6.26 Å². The van der Waals surface area contributed by atoms with Gasteiger partial charge in [-0.05, 0) is 0 Å². The molecule has 0 atom stereocenters. The molecule has 0 saturated heterocycles. The quantitative estimate of drug-likeness (QED) is 0.479. The zero-order valence-corrected chi connectivity index (χ0v) is 7.75. The molecule has 1 N–H and O–H groups in total. The van der Waals surface area contributed by atoms with Crippen molar-refractivity contribution in [2.75, 3.05) is 0 Å². The zero-order chi connectivity index (χ0) is 6.28. The maximum atomic E-state index is 6.88. The van der Waals surface area contributed by atoms with Crippen LogP contribution in [0.15, 0.2) is 0 Å². The Morgan fingerprint density at radius 2 is 1.43 bits per heavy atom. The Bertz CT molecular complexity index is 54.4. The van der Waals surface area contributed by atoms with Gasteiger partial charge in [-0.3, -0.25) is 0 Å². The van der Waals surface area contributed by atoms with Crippen LogP contribution in [0.1, 0.15) is 0 Å². The zero-order valence-electron chi connectivity index (χ0n) is 4.89. The van der Waals surface area contributed by atoms with E-state index in [1.54, 1.807) is 0 Å². The van der Waals surface area contributed by atoms with E-state index in [-0.39, 0.29) is 0 Å². The third-order valence-electron chi connectivity index (χ3n) is 0. The average molecular weight is 207 g/mol. The summed E-state index contributed by atoms with van der Waals surface area (Å²) in [4.78, 5) is 7.09. The van der Waals surface area contributed by atoms with E-state index >= 15 is 0 Å². The van der Waals surface area contributed by atoms with Crippen molar-refractivity contribution < 1.29 is 5.11 Å². The van der Waals surface area contributed by atoms with Gasteiger partial charge in [0.1, 0.15) is 0 Å². The van der Waals surface area contributed by atoms with E-state index < -0.39 is 19.8 Å². The predicted molar refractivity (Wildman–Crippen MR) is 30.9 cm³/mol. The van der Waals surface area contributed by atoms with Crippen molar-refractivity contribution in [2.24, 2.45) is 0 Å². The number of nitrogens with zero attached hydrogens (tertiary/aromatic N) is 1. The number of nitriles is 1. The first kappa shape index (κ1) is 10.1. The van der Waals surface area contributed by atoms with Crippen molar-refractivity contribution in [1.29, 1.82) is 5.26 Å². The summed E-state index contributed by atoms with van der Waals surface area (Å²) in [5, 5.41) is 13.8. The SMILES string of the molecule is N#CO.[CH3][Sn]([CH3])[CH3]. The molecule has 0 saturated carbocycles. The fraction of sp³-hybridized carbons (Fsp3) is 0.750. The van der Waals surface area contributed by atoms with Gasteiger partial charge in [0, 0.05) is 0 Å². The molecule has 41 valence electrons. The molecular weight excluding hydrogens is 197 g/mol. The molecule has 2 nitrogen and oxygen atoms in total. The summed E-state index contributed by atoms with van der Waals surface area (Å²) in [6, 6.07) is 0. The maximum absolute atomic E-state index is 6.88. The van der Waals surface area contributed by atoms with Crippen LogP contribution >= 0.6 is 0 Å². The first-order valence-electron chi connectivity index (χ1n) is 1.95. The van der Waals surface area contributed by atoms with Crippen molar-refractivity contribution in [3.8, 4) is 6.26 Å². The fourth-order valence-corrected chi connectivity index (χ4v) is 0. The second kappa shape index (κ2) is 9.43. The summed E-state index contributed by atoms with van der Waals surface area (Å²) < 4.78 is 0. The third-order valence-corrected chi connectivity index (χ3v) is 0. The molecule has 0 fully saturated rings. The van der Waals surface area contributed by atoms with Gasteiger partial charge in [0.05, 0.1) is 0 Å². The standard InChI is InChI=1S/CHNO.3CH3.Sn/c2-1-3;;;;/h3H;3*1H3;. The molecule has 7 heavy (non-hydrogen) atoms.